The van der Waals surface area contributed by atoms with Crippen LogP contribution < -0.4 is 0 Å². The zero-order chi connectivity index (χ0) is 8.39. The lowest BCUT2D eigenvalue weighted by atomic mass is 10.2. The van der Waals surface area contributed by atoms with Crippen molar-refractivity contribution >= 4 is 5.84 Å². The first-order chi connectivity index (χ1) is 5.88. The number of nitrogens with one attached hydrogen (secondary N) is 1. The molecule has 0 atom stereocenters. The summed E-state index contributed by atoms with van der Waals surface area (Å²) in [5, 5.41) is 7.92. The van der Waals surface area contributed by atoms with E-state index in [-0.39, 0.29) is 0 Å². The van der Waals surface area contributed by atoms with Crippen molar-refractivity contribution in [3.63, 3.8) is 0 Å². The van der Waals surface area contributed by atoms with Crippen LogP contribution in [0.2, 0.25) is 0 Å². The third-order valence-corrected chi connectivity index (χ3v) is 2.91. The van der Waals surface area contributed by atoms with Gasteiger partial charge < -0.3 is 4.90 Å². The van der Waals surface area contributed by atoms with Gasteiger partial charge in [-0.1, -0.05) is 12.8 Å². The van der Waals surface area contributed by atoms with Gasteiger partial charge in [-0.2, -0.15) is 0 Å². The molecule has 2 fully saturated rings. The summed E-state index contributed by atoms with van der Waals surface area (Å²) >= 11 is 0. The Labute approximate surface area is 74.5 Å². The van der Waals surface area contributed by atoms with Crippen LogP contribution in [0.1, 0.15) is 38.5 Å². The molecule has 68 valence electrons. The number of likely N-dealkylation sites (tertiary alicyclic amines) is 1. The Balaban J connectivity index is 1.87. The van der Waals surface area contributed by atoms with Crippen LogP contribution in [0.25, 0.3) is 0 Å². The van der Waals surface area contributed by atoms with Crippen molar-refractivity contribution in [3.8, 4) is 0 Å². The smallest absolute Gasteiger partial charge is 0.0989 e. The molecular weight excluding hydrogens is 148 g/mol. The molecule has 2 heteroatoms. The second-order valence-electron chi connectivity index (χ2n) is 4.06. The van der Waals surface area contributed by atoms with Gasteiger partial charge in [0.05, 0.1) is 5.84 Å². The maximum Gasteiger partial charge on any atom is 0.0989 e. The molecule has 2 rings (SSSR count). The van der Waals surface area contributed by atoms with Gasteiger partial charge in [-0.25, -0.2) is 0 Å². The highest BCUT2D eigenvalue weighted by atomic mass is 15.2. The number of hydrogen-bond acceptors (Lipinski definition) is 1. The fourth-order valence-electron chi connectivity index (χ4n) is 1.93. The molecule has 12 heavy (non-hydrogen) atoms. The zero-order valence-electron chi connectivity index (χ0n) is 7.68. The fraction of sp³-hybridized carbons (Fsp3) is 0.900. The molecule has 0 spiro atoms. The van der Waals surface area contributed by atoms with Crippen LogP contribution >= 0.6 is 0 Å². The average molecular weight is 166 g/mol. The maximum atomic E-state index is 7.92. The summed E-state index contributed by atoms with van der Waals surface area (Å²) in [4.78, 5) is 2.31. The lowest BCUT2D eigenvalue weighted by molar-refractivity contribution is 0.420. The predicted molar refractivity (Wildman–Crippen MR) is 50.5 cm³/mol. The first-order valence-electron chi connectivity index (χ1n) is 5.21. The summed E-state index contributed by atoms with van der Waals surface area (Å²) in [6.45, 7) is 2.30. The molecule has 1 N–H and O–H groups in total. The Hall–Kier alpha value is -0.530. The van der Waals surface area contributed by atoms with Gasteiger partial charge in [0.25, 0.3) is 0 Å². The van der Waals surface area contributed by atoms with E-state index in [1.54, 1.807) is 0 Å². The molecule has 2 aliphatic rings. The topological polar surface area (TPSA) is 27.1 Å². The van der Waals surface area contributed by atoms with E-state index in [2.05, 4.69) is 4.90 Å². The maximum absolute atomic E-state index is 7.92. The normalized spacial score (nSPS) is 25.2. The SMILES string of the molecule is N=C(C1CC1)N1CCCCCC1. The number of rotatable bonds is 1. The molecule has 0 radical (unpaired) electrons. The molecule has 1 aliphatic heterocycles. The lowest BCUT2D eigenvalue weighted by Crippen LogP contribution is -2.32. The summed E-state index contributed by atoms with van der Waals surface area (Å²) in [6.07, 6.45) is 7.89. The monoisotopic (exact) mass is 166 g/mol. The number of amidine groups is 1. The molecular formula is C10H18N2. The van der Waals surface area contributed by atoms with Gasteiger partial charge in [0.2, 0.25) is 0 Å². The van der Waals surface area contributed by atoms with Crippen molar-refractivity contribution in [3.05, 3.63) is 0 Å². The predicted octanol–water partition coefficient (Wildman–Crippen LogP) is 2.25. The molecule has 0 aromatic carbocycles. The van der Waals surface area contributed by atoms with Crippen LogP contribution in [-0.4, -0.2) is 23.8 Å². The van der Waals surface area contributed by atoms with Gasteiger partial charge in [0.1, 0.15) is 0 Å². The van der Waals surface area contributed by atoms with Crippen LogP contribution in [0, 0.1) is 11.3 Å². The minimum Gasteiger partial charge on any atom is -0.360 e. The van der Waals surface area contributed by atoms with E-state index in [0.717, 1.165) is 18.9 Å². The van der Waals surface area contributed by atoms with E-state index >= 15 is 0 Å². The highest BCUT2D eigenvalue weighted by Gasteiger charge is 2.29. The van der Waals surface area contributed by atoms with Gasteiger partial charge in [-0.3, -0.25) is 5.41 Å². The fourth-order valence-corrected chi connectivity index (χ4v) is 1.93. The molecule has 1 heterocycles. The third kappa shape index (κ3) is 1.79. The summed E-state index contributed by atoms with van der Waals surface area (Å²) in [5.41, 5.74) is 0. The van der Waals surface area contributed by atoms with E-state index in [1.807, 2.05) is 0 Å². The molecule has 0 aromatic rings. The largest absolute Gasteiger partial charge is 0.360 e. The van der Waals surface area contributed by atoms with Crippen LogP contribution in [-0.2, 0) is 0 Å². The molecule has 1 aliphatic carbocycles. The number of hydrogen-bond donors (Lipinski definition) is 1. The van der Waals surface area contributed by atoms with Crippen LogP contribution in [0.3, 0.4) is 0 Å². The van der Waals surface area contributed by atoms with Gasteiger partial charge in [0, 0.05) is 19.0 Å². The van der Waals surface area contributed by atoms with Gasteiger partial charge in [-0.05, 0) is 25.7 Å². The third-order valence-electron chi connectivity index (χ3n) is 2.91. The van der Waals surface area contributed by atoms with Crippen molar-refractivity contribution in [2.24, 2.45) is 5.92 Å². The molecule has 2 nitrogen and oxygen atoms in total. The van der Waals surface area contributed by atoms with Gasteiger partial charge >= 0.3 is 0 Å². The highest BCUT2D eigenvalue weighted by Crippen LogP contribution is 2.31. The zero-order valence-corrected chi connectivity index (χ0v) is 7.68. The minimum atomic E-state index is 0.642. The Morgan fingerprint density at radius 3 is 2.08 bits per heavy atom. The van der Waals surface area contributed by atoms with E-state index in [9.17, 15) is 0 Å². The van der Waals surface area contributed by atoms with Crippen LogP contribution in [0.5, 0.6) is 0 Å². The molecule has 0 unspecified atom stereocenters. The van der Waals surface area contributed by atoms with E-state index in [0.29, 0.717) is 5.92 Å². The van der Waals surface area contributed by atoms with Crippen LogP contribution in [0.15, 0.2) is 0 Å². The Morgan fingerprint density at radius 2 is 1.58 bits per heavy atom. The van der Waals surface area contributed by atoms with Gasteiger partial charge in [-0.15, -0.1) is 0 Å². The Morgan fingerprint density at radius 1 is 1.00 bits per heavy atom. The molecule has 0 aromatic heterocycles. The average Bonchev–Trinajstić information content (AvgIpc) is 2.92. The standard InChI is InChI=1S/C10H18N2/c11-10(9-5-6-9)12-7-3-1-2-4-8-12/h9,11H,1-8H2. The summed E-state index contributed by atoms with van der Waals surface area (Å²) in [7, 11) is 0. The summed E-state index contributed by atoms with van der Waals surface area (Å²) in [5.74, 6) is 1.58. The first kappa shape index (κ1) is 8.09. The minimum absolute atomic E-state index is 0.642. The van der Waals surface area contributed by atoms with Crippen molar-refractivity contribution < 1.29 is 0 Å². The van der Waals surface area contributed by atoms with Crippen LogP contribution in [0.4, 0.5) is 0 Å². The van der Waals surface area contributed by atoms with Crippen molar-refractivity contribution in [1.82, 2.24) is 4.90 Å². The van der Waals surface area contributed by atoms with Crippen molar-refractivity contribution in [2.45, 2.75) is 38.5 Å². The van der Waals surface area contributed by atoms with E-state index < -0.39 is 0 Å². The number of nitrogens with zero attached hydrogens (tertiary/aromatic N) is 1. The highest BCUT2D eigenvalue weighted by molar-refractivity contribution is 5.83. The van der Waals surface area contributed by atoms with E-state index in [4.69, 9.17) is 5.41 Å². The van der Waals surface area contributed by atoms with Crippen molar-refractivity contribution in [1.29, 1.82) is 5.41 Å². The van der Waals surface area contributed by atoms with Gasteiger partial charge in [0.15, 0.2) is 0 Å². The molecule has 1 saturated carbocycles. The Kier molecular flexibility index (Phi) is 2.33. The molecule has 0 amide bonds. The summed E-state index contributed by atoms with van der Waals surface area (Å²) < 4.78 is 0. The summed E-state index contributed by atoms with van der Waals surface area (Å²) in [6, 6.07) is 0. The molecule has 0 bridgehead atoms. The Bertz CT molecular complexity index is 165. The lowest BCUT2D eigenvalue weighted by Gasteiger charge is -2.22. The quantitative estimate of drug-likeness (QED) is 0.469. The molecule has 1 saturated heterocycles. The second kappa shape index (κ2) is 3.46. The van der Waals surface area contributed by atoms with Crippen molar-refractivity contribution in [2.75, 3.05) is 13.1 Å². The van der Waals surface area contributed by atoms with E-state index in [1.165, 1.54) is 38.5 Å². The second-order valence-corrected chi connectivity index (χ2v) is 4.06. The first-order valence-corrected chi connectivity index (χ1v) is 5.21.